The van der Waals surface area contributed by atoms with Crippen LogP contribution in [0.2, 0.25) is 0 Å². The van der Waals surface area contributed by atoms with Crippen LogP contribution in [0.25, 0.3) is 5.57 Å². The Bertz CT molecular complexity index is 1190. The lowest BCUT2D eigenvalue weighted by Gasteiger charge is -2.41. The molecule has 37 heavy (non-hydrogen) atoms. The lowest BCUT2D eigenvalue weighted by molar-refractivity contribution is 0.0956. The molecule has 0 atom stereocenters. The Kier molecular flexibility index (Phi) is 7.49. The number of nitrogens with zero attached hydrogens (tertiary/aromatic N) is 1. The highest BCUT2D eigenvalue weighted by molar-refractivity contribution is 5.98. The molecular weight excluding hydrogens is 456 g/mol. The first kappa shape index (κ1) is 27.3. The number of nitrogens with one attached hydrogen (secondary N) is 3. The molecule has 1 aromatic carbocycles. The maximum absolute atomic E-state index is 13.7. The Morgan fingerprint density at radius 1 is 1.14 bits per heavy atom. The molecule has 2 heterocycles. The van der Waals surface area contributed by atoms with Crippen molar-refractivity contribution in [2.45, 2.75) is 97.7 Å². The molecule has 200 valence electrons. The quantitative estimate of drug-likeness (QED) is 0.423. The standard InChI is InChI=1S/C32H46N4O/c1-20-14-21(2)34-23(4)28(20)19-33-30(37)27-15-24(25-17-31(5,6)35-32(7,8)18-25)16-29(22(27)3)36(9)26-12-10-11-13-26/h14-17,26,34-35H,4,10-13,18-19H2,1-3,5-9H3,(H,33,37). The summed E-state index contributed by atoms with van der Waals surface area (Å²) < 4.78 is 0. The van der Waals surface area contributed by atoms with Gasteiger partial charge in [0.25, 0.3) is 5.91 Å². The van der Waals surface area contributed by atoms with Gasteiger partial charge in [0, 0.05) is 53.4 Å². The third kappa shape index (κ3) is 6.04. The van der Waals surface area contributed by atoms with E-state index in [2.05, 4.69) is 100 Å². The zero-order valence-corrected chi connectivity index (χ0v) is 24.2. The topological polar surface area (TPSA) is 56.4 Å². The van der Waals surface area contributed by atoms with Crippen LogP contribution in [0.15, 0.2) is 53.4 Å². The van der Waals surface area contributed by atoms with Gasteiger partial charge in [-0.2, -0.15) is 0 Å². The number of amides is 1. The van der Waals surface area contributed by atoms with Crippen LogP contribution in [0.5, 0.6) is 0 Å². The molecule has 3 aliphatic rings. The van der Waals surface area contributed by atoms with Gasteiger partial charge in [-0.05, 0) is 114 Å². The van der Waals surface area contributed by atoms with Gasteiger partial charge in [0.15, 0.2) is 0 Å². The molecule has 0 saturated heterocycles. The van der Waals surface area contributed by atoms with E-state index in [1.807, 2.05) is 6.92 Å². The van der Waals surface area contributed by atoms with Gasteiger partial charge in [0.2, 0.25) is 0 Å². The van der Waals surface area contributed by atoms with Crippen LogP contribution in [0.4, 0.5) is 5.69 Å². The molecule has 4 rings (SSSR count). The van der Waals surface area contributed by atoms with Gasteiger partial charge in [0.05, 0.1) is 0 Å². The van der Waals surface area contributed by atoms with Crippen molar-refractivity contribution in [3.63, 3.8) is 0 Å². The van der Waals surface area contributed by atoms with E-state index in [1.54, 1.807) is 0 Å². The van der Waals surface area contributed by atoms with Gasteiger partial charge < -0.3 is 20.9 Å². The van der Waals surface area contributed by atoms with E-state index in [0.29, 0.717) is 12.6 Å². The molecule has 1 amide bonds. The molecule has 0 spiro atoms. The summed E-state index contributed by atoms with van der Waals surface area (Å²) >= 11 is 0. The Morgan fingerprint density at radius 3 is 2.43 bits per heavy atom. The van der Waals surface area contributed by atoms with Crippen molar-refractivity contribution in [1.29, 1.82) is 0 Å². The smallest absolute Gasteiger partial charge is 0.251 e. The summed E-state index contributed by atoms with van der Waals surface area (Å²) in [6.45, 7) is 19.8. The van der Waals surface area contributed by atoms with E-state index in [4.69, 9.17) is 0 Å². The van der Waals surface area contributed by atoms with Crippen LogP contribution in [0.1, 0.15) is 95.1 Å². The Morgan fingerprint density at radius 2 is 1.81 bits per heavy atom. The second-order valence-electron chi connectivity index (χ2n) is 12.6. The Hall–Kier alpha value is -2.79. The number of carbonyl (C=O) groups is 1. The lowest BCUT2D eigenvalue weighted by Crippen LogP contribution is -2.53. The normalized spacial score (nSPS) is 21.4. The number of carbonyl (C=O) groups excluding carboxylic acids is 1. The Balaban J connectivity index is 1.72. The van der Waals surface area contributed by atoms with Crippen LogP contribution in [-0.2, 0) is 0 Å². The molecule has 1 saturated carbocycles. The van der Waals surface area contributed by atoms with Gasteiger partial charge in [-0.25, -0.2) is 0 Å². The molecule has 1 aromatic rings. The third-order valence-electron chi connectivity index (χ3n) is 8.12. The molecular formula is C32H46N4O. The summed E-state index contributed by atoms with van der Waals surface area (Å²) in [5.41, 5.74) is 9.38. The molecule has 5 heteroatoms. The molecule has 1 fully saturated rings. The second-order valence-corrected chi connectivity index (χ2v) is 12.6. The molecule has 0 bridgehead atoms. The van der Waals surface area contributed by atoms with Crippen molar-refractivity contribution in [1.82, 2.24) is 16.0 Å². The number of benzene rings is 1. The predicted molar refractivity (Wildman–Crippen MR) is 157 cm³/mol. The van der Waals surface area contributed by atoms with Gasteiger partial charge in [-0.1, -0.05) is 25.5 Å². The Labute approximate surface area is 224 Å². The molecule has 0 aromatic heterocycles. The van der Waals surface area contributed by atoms with Crippen LogP contribution in [-0.4, -0.2) is 36.6 Å². The molecule has 3 N–H and O–H groups in total. The lowest BCUT2D eigenvalue weighted by atomic mass is 9.80. The number of hydrogen-bond acceptors (Lipinski definition) is 4. The van der Waals surface area contributed by atoms with E-state index in [-0.39, 0.29) is 17.0 Å². The first-order valence-corrected chi connectivity index (χ1v) is 13.8. The summed E-state index contributed by atoms with van der Waals surface area (Å²) in [7, 11) is 2.20. The minimum Gasteiger partial charge on any atom is -0.371 e. The minimum absolute atomic E-state index is 0.0254. The van der Waals surface area contributed by atoms with Gasteiger partial charge in [-0.3, -0.25) is 4.79 Å². The highest BCUT2D eigenvalue weighted by atomic mass is 16.1. The molecule has 5 nitrogen and oxygen atoms in total. The second kappa shape index (κ2) is 10.2. The van der Waals surface area contributed by atoms with Crippen LogP contribution < -0.4 is 20.9 Å². The zero-order valence-electron chi connectivity index (χ0n) is 24.2. The molecule has 2 aliphatic heterocycles. The summed E-state index contributed by atoms with van der Waals surface area (Å²) in [6, 6.07) is 4.96. The summed E-state index contributed by atoms with van der Waals surface area (Å²) in [5.74, 6) is -0.0344. The molecule has 1 aliphatic carbocycles. The summed E-state index contributed by atoms with van der Waals surface area (Å²) in [4.78, 5) is 16.1. The zero-order chi connectivity index (χ0) is 27.1. The van der Waals surface area contributed by atoms with Crippen LogP contribution >= 0.6 is 0 Å². The van der Waals surface area contributed by atoms with E-state index >= 15 is 0 Å². The predicted octanol–water partition coefficient (Wildman–Crippen LogP) is 6.37. The van der Waals surface area contributed by atoms with Crippen LogP contribution in [0, 0.1) is 6.92 Å². The number of dihydropyridines is 1. The maximum atomic E-state index is 13.7. The van der Waals surface area contributed by atoms with E-state index in [9.17, 15) is 4.79 Å². The van der Waals surface area contributed by atoms with E-state index < -0.39 is 0 Å². The maximum Gasteiger partial charge on any atom is 0.251 e. The van der Waals surface area contributed by atoms with Crippen molar-refractivity contribution in [2.75, 3.05) is 18.5 Å². The van der Waals surface area contributed by atoms with E-state index in [1.165, 1.54) is 36.9 Å². The monoisotopic (exact) mass is 502 g/mol. The van der Waals surface area contributed by atoms with Crippen molar-refractivity contribution in [3.8, 4) is 0 Å². The fourth-order valence-corrected chi connectivity index (χ4v) is 6.58. The van der Waals surface area contributed by atoms with Crippen LogP contribution in [0.3, 0.4) is 0 Å². The number of hydrogen-bond donors (Lipinski definition) is 3. The summed E-state index contributed by atoms with van der Waals surface area (Å²) in [6.07, 6.45) is 10.3. The van der Waals surface area contributed by atoms with Gasteiger partial charge >= 0.3 is 0 Å². The van der Waals surface area contributed by atoms with Crippen molar-refractivity contribution >= 4 is 17.2 Å². The fourth-order valence-electron chi connectivity index (χ4n) is 6.58. The largest absolute Gasteiger partial charge is 0.371 e. The average molecular weight is 503 g/mol. The van der Waals surface area contributed by atoms with Crippen molar-refractivity contribution in [3.05, 3.63) is 70.1 Å². The third-order valence-corrected chi connectivity index (χ3v) is 8.12. The SMILES string of the molecule is C=C1NC(C)=CC(C)=C1CNC(=O)c1cc(C2=CC(C)(C)NC(C)(C)C2)cc(N(C)C2CCCC2)c1C. The first-order valence-electron chi connectivity index (χ1n) is 13.8. The highest BCUT2D eigenvalue weighted by Crippen LogP contribution is 2.38. The van der Waals surface area contributed by atoms with Crippen molar-refractivity contribution < 1.29 is 4.79 Å². The first-order chi connectivity index (χ1) is 17.3. The molecule has 0 radical (unpaired) electrons. The summed E-state index contributed by atoms with van der Waals surface area (Å²) in [5, 5.41) is 10.2. The molecule has 0 unspecified atom stereocenters. The fraction of sp³-hybridized carbons (Fsp3) is 0.531. The number of anilines is 1. The number of allylic oxidation sites excluding steroid dienone is 3. The number of rotatable bonds is 6. The van der Waals surface area contributed by atoms with Gasteiger partial charge in [-0.15, -0.1) is 0 Å². The van der Waals surface area contributed by atoms with Crippen molar-refractivity contribution in [2.24, 2.45) is 0 Å². The highest BCUT2D eigenvalue weighted by Gasteiger charge is 2.33. The average Bonchev–Trinajstić information content (AvgIpc) is 3.30. The van der Waals surface area contributed by atoms with Gasteiger partial charge in [0.1, 0.15) is 0 Å². The van der Waals surface area contributed by atoms with E-state index in [0.717, 1.165) is 45.7 Å². The minimum atomic E-state index is -0.119.